The molecule has 1 aromatic rings. The minimum absolute atomic E-state index is 0.0213. The number of phenols is 1. The average molecular weight is 273 g/mol. The molecule has 3 rings (SSSR count). The second-order valence-corrected chi connectivity index (χ2v) is 5.34. The predicted octanol–water partition coefficient (Wildman–Crippen LogP) is 1.85. The van der Waals surface area contributed by atoms with Crippen molar-refractivity contribution in [3.8, 4) is 5.75 Å². The van der Waals surface area contributed by atoms with Gasteiger partial charge in [0.1, 0.15) is 5.75 Å². The van der Waals surface area contributed by atoms with Gasteiger partial charge in [0.15, 0.2) is 0 Å². The first-order valence-electron chi connectivity index (χ1n) is 6.58. The Bertz CT molecular complexity index is 595. The zero-order chi connectivity index (χ0) is 14.3. The largest absolute Gasteiger partial charge is 0.506 e. The van der Waals surface area contributed by atoms with E-state index in [1.807, 2.05) is 12.2 Å². The molecule has 104 valence electrons. The highest BCUT2D eigenvalue weighted by Gasteiger charge is 2.51. The summed E-state index contributed by atoms with van der Waals surface area (Å²) in [6, 6.07) is 6.42. The minimum Gasteiger partial charge on any atom is -0.506 e. The standard InChI is InChI=1S/C15H15NO4/c17-11-4-2-1-3-10(11)16-14(18)12-8-5-6-9(7-8)13(12)15(19)20/h1-6,8-9,12-13,17H,7H2,(H,16,18)(H,19,20)/t8-,9+,12?,13?/m0/s1. The van der Waals surface area contributed by atoms with E-state index in [9.17, 15) is 19.8 Å². The number of anilines is 1. The van der Waals surface area contributed by atoms with Gasteiger partial charge in [-0.2, -0.15) is 0 Å². The van der Waals surface area contributed by atoms with Crippen molar-refractivity contribution in [2.45, 2.75) is 6.42 Å². The number of fused-ring (bicyclic) bond motifs is 2. The van der Waals surface area contributed by atoms with Gasteiger partial charge < -0.3 is 15.5 Å². The number of carbonyl (C=O) groups excluding carboxylic acids is 1. The fourth-order valence-corrected chi connectivity index (χ4v) is 3.31. The third kappa shape index (κ3) is 1.95. The summed E-state index contributed by atoms with van der Waals surface area (Å²) in [5, 5.41) is 21.6. The molecular weight excluding hydrogens is 258 g/mol. The highest BCUT2D eigenvalue weighted by atomic mass is 16.4. The summed E-state index contributed by atoms with van der Waals surface area (Å²) in [4.78, 5) is 23.7. The number of aliphatic carboxylic acids is 1. The molecule has 20 heavy (non-hydrogen) atoms. The minimum atomic E-state index is -0.931. The molecule has 4 atom stereocenters. The Morgan fingerprint density at radius 2 is 1.75 bits per heavy atom. The maximum absolute atomic E-state index is 12.4. The predicted molar refractivity (Wildman–Crippen MR) is 72.1 cm³/mol. The van der Waals surface area contributed by atoms with Crippen molar-refractivity contribution in [2.24, 2.45) is 23.7 Å². The smallest absolute Gasteiger partial charge is 0.307 e. The zero-order valence-corrected chi connectivity index (χ0v) is 10.7. The summed E-state index contributed by atoms with van der Waals surface area (Å²) >= 11 is 0. The van der Waals surface area contributed by atoms with Crippen molar-refractivity contribution >= 4 is 17.6 Å². The van der Waals surface area contributed by atoms with Crippen LogP contribution >= 0.6 is 0 Å². The number of hydrogen-bond donors (Lipinski definition) is 3. The van der Waals surface area contributed by atoms with Crippen LogP contribution in [-0.2, 0) is 9.59 Å². The summed E-state index contributed by atoms with van der Waals surface area (Å²) in [6.07, 6.45) is 4.54. The number of benzene rings is 1. The van der Waals surface area contributed by atoms with Crippen molar-refractivity contribution in [1.82, 2.24) is 0 Å². The van der Waals surface area contributed by atoms with Crippen molar-refractivity contribution < 1.29 is 19.8 Å². The molecule has 2 aliphatic rings. The molecule has 2 unspecified atom stereocenters. The van der Waals surface area contributed by atoms with Crippen LogP contribution in [0.2, 0.25) is 0 Å². The van der Waals surface area contributed by atoms with E-state index in [0.29, 0.717) is 5.69 Å². The van der Waals surface area contributed by atoms with Crippen LogP contribution in [0.4, 0.5) is 5.69 Å². The summed E-state index contributed by atoms with van der Waals surface area (Å²) in [6.45, 7) is 0. The Morgan fingerprint density at radius 1 is 1.10 bits per heavy atom. The molecule has 1 amide bonds. The van der Waals surface area contributed by atoms with Gasteiger partial charge in [-0.15, -0.1) is 0 Å². The van der Waals surface area contributed by atoms with Gasteiger partial charge in [0.25, 0.3) is 0 Å². The molecule has 2 bridgehead atoms. The topological polar surface area (TPSA) is 86.6 Å². The second kappa shape index (κ2) is 4.67. The van der Waals surface area contributed by atoms with Crippen LogP contribution in [0.5, 0.6) is 5.75 Å². The number of para-hydroxylation sites is 2. The van der Waals surface area contributed by atoms with Gasteiger partial charge in [-0.1, -0.05) is 24.3 Å². The zero-order valence-electron chi connectivity index (χ0n) is 10.7. The summed E-state index contributed by atoms with van der Waals surface area (Å²) < 4.78 is 0. The quantitative estimate of drug-likeness (QED) is 0.579. The van der Waals surface area contributed by atoms with E-state index in [4.69, 9.17) is 0 Å². The van der Waals surface area contributed by atoms with E-state index in [1.165, 1.54) is 6.07 Å². The molecule has 1 fully saturated rings. The summed E-state index contributed by atoms with van der Waals surface area (Å²) in [7, 11) is 0. The Hall–Kier alpha value is -2.30. The van der Waals surface area contributed by atoms with Gasteiger partial charge in [-0.25, -0.2) is 0 Å². The highest BCUT2D eigenvalue weighted by molar-refractivity contribution is 5.97. The van der Waals surface area contributed by atoms with E-state index < -0.39 is 17.8 Å². The Balaban J connectivity index is 1.82. The maximum Gasteiger partial charge on any atom is 0.307 e. The Morgan fingerprint density at radius 3 is 2.40 bits per heavy atom. The van der Waals surface area contributed by atoms with E-state index in [0.717, 1.165) is 6.42 Å². The number of nitrogens with one attached hydrogen (secondary N) is 1. The Kier molecular flexibility index (Phi) is 2.97. The van der Waals surface area contributed by atoms with Gasteiger partial charge >= 0.3 is 5.97 Å². The van der Waals surface area contributed by atoms with Crippen LogP contribution < -0.4 is 5.32 Å². The summed E-state index contributed by atoms with van der Waals surface area (Å²) in [5.74, 6) is -2.61. The van der Waals surface area contributed by atoms with Gasteiger partial charge in [0.2, 0.25) is 5.91 Å². The molecule has 1 aromatic carbocycles. The first-order chi connectivity index (χ1) is 9.58. The van der Waals surface area contributed by atoms with Gasteiger partial charge in [-0.3, -0.25) is 9.59 Å². The van der Waals surface area contributed by atoms with Crippen LogP contribution in [0.1, 0.15) is 6.42 Å². The average Bonchev–Trinajstić information content (AvgIpc) is 3.01. The lowest BCUT2D eigenvalue weighted by atomic mass is 9.82. The van der Waals surface area contributed by atoms with Crippen LogP contribution in [0.3, 0.4) is 0 Å². The highest BCUT2D eigenvalue weighted by Crippen LogP contribution is 2.48. The van der Waals surface area contributed by atoms with Crippen molar-refractivity contribution in [1.29, 1.82) is 0 Å². The Labute approximate surface area is 115 Å². The molecule has 0 radical (unpaired) electrons. The number of carboxylic acids is 1. The van der Waals surface area contributed by atoms with E-state index in [-0.39, 0.29) is 23.5 Å². The van der Waals surface area contributed by atoms with Gasteiger partial charge in [-0.05, 0) is 30.4 Å². The molecule has 0 heterocycles. The third-order valence-electron chi connectivity index (χ3n) is 4.21. The molecule has 1 saturated carbocycles. The fourth-order valence-electron chi connectivity index (χ4n) is 3.31. The molecule has 2 aliphatic carbocycles. The van der Waals surface area contributed by atoms with Crippen molar-refractivity contribution in [3.05, 3.63) is 36.4 Å². The molecule has 3 N–H and O–H groups in total. The fraction of sp³-hybridized carbons (Fsp3) is 0.333. The van der Waals surface area contributed by atoms with Crippen LogP contribution in [-0.4, -0.2) is 22.1 Å². The summed E-state index contributed by atoms with van der Waals surface area (Å²) in [5.41, 5.74) is 0.313. The SMILES string of the molecule is O=C(O)C1C(C(=O)Nc2ccccc2O)[C@H]2C=C[C@@H]1C2. The number of carboxylic acid groups (broad SMARTS) is 1. The number of carbonyl (C=O) groups is 2. The second-order valence-electron chi connectivity index (χ2n) is 5.34. The van der Waals surface area contributed by atoms with Gasteiger partial charge in [0.05, 0.1) is 17.5 Å². The molecule has 0 aliphatic heterocycles. The van der Waals surface area contributed by atoms with Crippen molar-refractivity contribution in [2.75, 3.05) is 5.32 Å². The number of allylic oxidation sites excluding steroid dienone is 2. The maximum atomic E-state index is 12.4. The van der Waals surface area contributed by atoms with E-state index in [1.54, 1.807) is 18.2 Å². The van der Waals surface area contributed by atoms with Crippen LogP contribution in [0.25, 0.3) is 0 Å². The lowest BCUT2D eigenvalue weighted by Crippen LogP contribution is -2.36. The molecule has 0 spiro atoms. The molecule has 5 heteroatoms. The first-order valence-corrected chi connectivity index (χ1v) is 6.58. The molecule has 0 aromatic heterocycles. The lowest BCUT2D eigenvalue weighted by Gasteiger charge is -2.24. The van der Waals surface area contributed by atoms with Crippen LogP contribution in [0.15, 0.2) is 36.4 Å². The molecular formula is C15H15NO4. The lowest BCUT2D eigenvalue weighted by molar-refractivity contribution is -0.146. The molecule has 0 saturated heterocycles. The number of hydrogen-bond acceptors (Lipinski definition) is 3. The first kappa shape index (κ1) is 12.7. The van der Waals surface area contributed by atoms with E-state index >= 15 is 0 Å². The number of phenolic OH excluding ortho intramolecular Hbond substituents is 1. The van der Waals surface area contributed by atoms with E-state index in [2.05, 4.69) is 5.32 Å². The number of aromatic hydroxyl groups is 1. The number of amides is 1. The number of rotatable bonds is 3. The van der Waals surface area contributed by atoms with Crippen LogP contribution in [0, 0.1) is 23.7 Å². The normalized spacial score (nSPS) is 30.4. The van der Waals surface area contributed by atoms with Crippen molar-refractivity contribution in [3.63, 3.8) is 0 Å². The molecule has 5 nitrogen and oxygen atoms in total. The van der Waals surface area contributed by atoms with Gasteiger partial charge in [0, 0.05) is 0 Å². The monoisotopic (exact) mass is 273 g/mol. The third-order valence-corrected chi connectivity index (χ3v) is 4.21.